The first-order chi connectivity index (χ1) is 11.0. The third kappa shape index (κ3) is 3.00. The summed E-state index contributed by atoms with van der Waals surface area (Å²) >= 11 is 1.23. The summed E-state index contributed by atoms with van der Waals surface area (Å²) in [4.78, 5) is 17.2. The minimum Gasteiger partial charge on any atom is -0.319 e. The number of aromatic nitrogens is 3. The van der Waals surface area contributed by atoms with Gasteiger partial charge in [0.25, 0.3) is 5.91 Å². The van der Waals surface area contributed by atoms with Gasteiger partial charge in [-0.3, -0.25) is 4.79 Å². The van der Waals surface area contributed by atoms with Gasteiger partial charge in [-0.1, -0.05) is 23.5 Å². The Morgan fingerprint density at radius 2 is 2.00 bits per heavy atom. The van der Waals surface area contributed by atoms with E-state index in [0.29, 0.717) is 15.7 Å². The van der Waals surface area contributed by atoms with E-state index in [0.717, 1.165) is 11.4 Å². The fourth-order valence-electron chi connectivity index (χ4n) is 2.25. The number of para-hydroxylation sites is 1. The van der Waals surface area contributed by atoms with Crippen molar-refractivity contribution in [2.75, 3.05) is 5.32 Å². The Morgan fingerprint density at radius 1 is 1.26 bits per heavy atom. The number of amides is 1. The molecule has 0 radical (unpaired) electrons. The van der Waals surface area contributed by atoms with Gasteiger partial charge in [-0.05, 0) is 39.0 Å². The zero-order chi connectivity index (χ0) is 16.6. The number of carbonyl (C=O) groups is 1. The molecule has 0 atom stereocenters. The summed E-state index contributed by atoms with van der Waals surface area (Å²) in [7, 11) is 0. The van der Waals surface area contributed by atoms with Crippen molar-refractivity contribution in [3.63, 3.8) is 0 Å². The van der Waals surface area contributed by atoms with Crippen LogP contribution in [0.25, 0.3) is 5.13 Å². The molecular weight excluding hydrogens is 315 g/mol. The number of rotatable bonds is 3. The highest BCUT2D eigenvalue weighted by Gasteiger charge is 2.18. The lowest BCUT2D eigenvalue weighted by molar-refractivity contribution is 0.102. The molecule has 1 aromatic carbocycles. The maximum Gasteiger partial charge on any atom is 0.267 e. The van der Waals surface area contributed by atoms with Crippen LogP contribution in [-0.4, -0.2) is 20.7 Å². The molecule has 0 bridgehead atoms. The van der Waals surface area contributed by atoms with Gasteiger partial charge in [-0.2, -0.15) is 5.10 Å². The number of thiazole rings is 1. The van der Waals surface area contributed by atoms with Gasteiger partial charge in [-0.25, -0.2) is 14.1 Å². The highest BCUT2D eigenvalue weighted by atomic mass is 32.1. The lowest BCUT2D eigenvalue weighted by Gasteiger charge is -2.04. The van der Waals surface area contributed by atoms with Crippen LogP contribution in [0.15, 0.2) is 30.3 Å². The minimum absolute atomic E-state index is 0.151. The quantitative estimate of drug-likeness (QED) is 0.797. The predicted molar refractivity (Wildman–Crippen MR) is 87.8 cm³/mol. The third-order valence-electron chi connectivity index (χ3n) is 3.30. The van der Waals surface area contributed by atoms with Crippen LogP contribution in [0.4, 0.5) is 10.1 Å². The summed E-state index contributed by atoms with van der Waals surface area (Å²) in [6.45, 7) is 5.58. The van der Waals surface area contributed by atoms with E-state index in [-0.39, 0.29) is 11.6 Å². The van der Waals surface area contributed by atoms with Crippen molar-refractivity contribution in [1.29, 1.82) is 0 Å². The number of carbonyl (C=O) groups excluding carboxylic acids is 1. The molecule has 2 heterocycles. The van der Waals surface area contributed by atoms with E-state index < -0.39 is 5.82 Å². The molecule has 23 heavy (non-hydrogen) atoms. The van der Waals surface area contributed by atoms with E-state index in [2.05, 4.69) is 15.4 Å². The van der Waals surface area contributed by atoms with Gasteiger partial charge in [0.05, 0.1) is 17.1 Å². The molecule has 7 heteroatoms. The molecule has 0 saturated heterocycles. The maximum atomic E-state index is 13.7. The first-order valence-electron chi connectivity index (χ1n) is 7.02. The molecule has 1 N–H and O–H groups in total. The van der Waals surface area contributed by atoms with Crippen molar-refractivity contribution in [3.05, 3.63) is 58.1 Å². The van der Waals surface area contributed by atoms with Crippen molar-refractivity contribution < 1.29 is 9.18 Å². The standard InChI is InChI=1S/C16H15FN4OS/c1-9-8-10(2)21(20-9)16-18-11(3)14(23-16)15(22)19-13-7-5-4-6-12(13)17/h4-8H,1-3H3,(H,19,22). The van der Waals surface area contributed by atoms with Crippen molar-refractivity contribution >= 4 is 22.9 Å². The van der Waals surface area contributed by atoms with E-state index in [4.69, 9.17) is 0 Å². The van der Waals surface area contributed by atoms with E-state index in [1.54, 1.807) is 23.7 Å². The second-order valence-electron chi connectivity index (χ2n) is 5.18. The fourth-order valence-corrected chi connectivity index (χ4v) is 3.22. The van der Waals surface area contributed by atoms with Crippen LogP contribution in [-0.2, 0) is 0 Å². The topological polar surface area (TPSA) is 59.8 Å². The SMILES string of the molecule is Cc1cc(C)n(-c2nc(C)c(C(=O)Nc3ccccc3F)s2)n1. The maximum absolute atomic E-state index is 13.7. The zero-order valence-corrected chi connectivity index (χ0v) is 13.7. The first-order valence-corrected chi connectivity index (χ1v) is 7.84. The molecule has 3 aromatic rings. The number of halogens is 1. The zero-order valence-electron chi connectivity index (χ0n) is 12.9. The Balaban J connectivity index is 1.90. The molecule has 5 nitrogen and oxygen atoms in total. The van der Waals surface area contributed by atoms with E-state index >= 15 is 0 Å². The van der Waals surface area contributed by atoms with Crippen LogP contribution in [0.1, 0.15) is 26.8 Å². The van der Waals surface area contributed by atoms with Crippen LogP contribution in [0.5, 0.6) is 0 Å². The van der Waals surface area contributed by atoms with Gasteiger partial charge < -0.3 is 5.32 Å². The number of hydrogen-bond acceptors (Lipinski definition) is 4. The molecule has 0 aliphatic carbocycles. The molecule has 1 amide bonds. The van der Waals surface area contributed by atoms with Gasteiger partial charge in [0, 0.05) is 5.69 Å². The second kappa shape index (κ2) is 5.92. The normalized spacial score (nSPS) is 10.8. The highest BCUT2D eigenvalue weighted by molar-refractivity contribution is 7.16. The van der Waals surface area contributed by atoms with Crippen LogP contribution in [0.3, 0.4) is 0 Å². The Bertz CT molecular complexity index is 884. The number of aryl methyl sites for hydroxylation is 3. The smallest absolute Gasteiger partial charge is 0.267 e. The summed E-state index contributed by atoms with van der Waals surface area (Å²) < 4.78 is 15.4. The van der Waals surface area contributed by atoms with Crippen molar-refractivity contribution in [2.45, 2.75) is 20.8 Å². The van der Waals surface area contributed by atoms with E-state index in [1.165, 1.54) is 23.5 Å². The predicted octanol–water partition coefficient (Wildman–Crippen LogP) is 3.65. The van der Waals surface area contributed by atoms with E-state index in [1.807, 2.05) is 19.9 Å². The number of hydrogen-bond donors (Lipinski definition) is 1. The van der Waals surface area contributed by atoms with Crippen LogP contribution < -0.4 is 5.32 Å². The Kier molecular flexibility index (Phi) is 3.96. The molecule has 2 aromatic heterocycles. The summed E-state index contributed by atoms with van der Waals surface area (Å²) in [5, 5.41) is 7.56. The van der Waals surface area contributed by atoms with Gasteiger partial charge in [-0.15, -0.1) is 0 Å². The average Bonchev–Trinajstić information content (AvgIpc) is 3.03. The summed E-state index contributed by atoms with van der Waals surface area (Å²) in [6, 6.07) is 8.00. The molecule has 0 aliphatic heterocycles. The molecule has 0 spiro atoms. The lowest BCUT2D eigenvalue weighted by Crippen LogP contribution is -2.12. The average molecular weight is 330 g/mol. The Labute approximate surface area is 136 Å². The summed E-state index contributed by atoms with van der Waals surface area (Å²) in [6.07, 6.45) is 0. The second-order valence-corrected chi connectivity index (χ2v) is 6.16. The lowest BCUT2D eigenvalue weighted by atomic mass is 10.3. The number of anilines is 1. The molecular formula is C16H15FN4OS. The van der Waals surface area contributed by atoms with Crippen LogP contribution in [0, 0.1) is 26.6 Å². The van der Waals surface area contributed by atoms with Gasteiger partial charge in [0.1, 0.15) is 10.7 Å². The van der Waals surface area contributed by atoms with E-state index in [9.17, 15) is 9.18 Å². The first kappa shape index (κ1) is 15.4. The number of benzene rings is 1. The fraction of sp³-hybridized carbons (Fsp3) is 0.188. The minimum atomic E-state index is -0.471. The molecule has 0 fully saturated rings. The Morgan fingerprint density at radius 3 is 2.65 bits per heavy atom. The van der Waals surface area contributed by atoms with Crippen molar-refractivity contribution in [3.8, 4) is 5.13 Å². The molecule has 3 rings (SSSR count). The molecule has 118 valence electrons. The Hall–Kier alpha value is -2.54. The molecule has 0 saturated carbocycles. The number of nitrogens with one attached hydrogen (secondary N) is 1. The van der Waals surface area contributed by atoms with Crippen LogP contribution >= 0.6 is 11.3 Å². The third-order valence-corrected chi connectivity index (χ3v) is 4.44. The molecule has 0 aliphatic rings. The largest absolute Gasteiger partial charge is 0.319 e. The van der Waals surface area contributed by atoms with Gasteiger partial charge in [0.15, 0.2) is 0 Å². The summed E-state index contributed by atoms with van der Waals surface area (Å²) in [5.41, 5.74) is 2.56. The van der Waals surface area contributed by atoms with Crippen molar-refractivity contribution in [2.24, 2.45) is 0 Å². The number of nitrogens with zero attached hydrogens (tertiary/aromatic N) is 3. The van der Waals surface area contributed by atoms with Gasteiger partial charge >= 0.3 is 0 Å². The monoisotopic (exact) mass is 330 g/mol. The van der Waals surface area contributed by atoms with Crippen molar-refractivity contribution in [1.82, 2.24) is 14.8 Å². The summed E-state index contributed by atoms with van der Waals surface area (Å²) in [5.74, 6) is -0.848. The van der Waals surface area contributed by atoms with Gasteiger partial charge in [0.2, 0.25) is 5.13 Å². The highest BCUT2D eigenvalue weighted by Crippen LogP contribution is 2.24. The molecule has 0 unspecified atom stereocenters. The van der Waals surface area contributed by atoms with Crippen LogP contribution in [0.2, 0.25) is 0 Å².